The summed E-state index contributed by atoms with van der Waals surface area (Å²) in [5.41, 5.74) is 1.04. The highest BCUT2D eigenvalue weighted by molar-refractivity contribution is 5.88. The molecule has 0 aromatic heterocycles. The number of hydrogen-bond donors (Lipinski definition) is 1. The van der Waals surface area contributed by atoms with Crippen molar-refractivity contribution in [3.63, 3.8) is 0 Å². The van der Waals surface area contributed by atoms with Crippen LogP contribution in [0.2, 0.25) is 0 Å². The molecule has 0 atom stereocenters. The lowest BCUT2D eigenvalue weighted by atomic mass is 10.1. The van der Waals surface area contributed by atoms with Gasteiger partial charge >= 0.3 is 5.97 Å². The van der Waals surface area contributed by atoms with Gasteiger partial charge in [0.15, 0.2) is 0 Å². The molecule has 0 unspecified atom stereocenters. The molecule has 74 valence electrons. The normalized spacial score (nSPS) is 10.4. The third-order valence-electron chi connectivity index (χ3n) is 1.82. The molecular formula is C11H12O3. The van der Waals surface area contributed by atoms with Crippen molar-refractivity contribution in [3.8, 4) is 5.75 Å². The summed E-state index contributed by atoms with van der Waals surface area (Å²) in [6.45, 7) is 1.87. The van der Waals surface area contributed by atoms with Crippen molar-refractivity contribution >= 4 is 12.0 Å². The molecule has 0 bridgehead atoms. The molecule has 0 amide bonds. The molecule has 1 aromatic carbocycles. The van der Waals surface area contributed by atoms with Crippen LogP contribution in [0.3, 0.4) is 0 Å². The fraction of sp³-hybridized carbons (Fsp3) is 0.182. The monoisotopic (exact) mass is 192 g/mol. The Morgan fingerprint density at radius 1 is 1.50 bits per heavy atom. The van der Waals surface area contributed by atoms with E-state index in [0.717, 1.165) is 5.56 Å². The molecule has 0 heterocycles. The number of carboxylic acids is 1. The zero-order valence-corrected chi connectivity index (χ0v) is 8.15. The highest BCUT2D eigenvalue weighted by Crippen LogP contribution is 2.21. The molecule has 3 nitrogen and oxygen atoms in total. The van der Waals surface area contributed by atoms with Crippen LogP contribution >= 0.6 is 0 Å². The maximum Gasteiger partial charge on any atom is 0.335 e. The number of carboxylic acid groups (broad SMARTS) is 1. The first-order chi connectivity index (χ1) is 6.69. The lowest BCUT2D eigenvalue weighted by Crippen LogP contribution is -1.97. The SMILES string of the molecule is C/C=C/c1cc(C(=O)O)ccc1OC. The summed E-state index contributed by atoms with van der Waals surface area (Å²) in [5.74, 6) is -0.258. The molecule has 1 N–H and O–H groups in total. The second-order valence-electron chi connectivity index (χ2n) is 2.76. The molecule has 1 aromatic rings. The Morgan fingerprint density at radius 2 is 2.21 bits per heavy atom. The molecule has 0 aliphatic carbocycles. The molecule has 0 saturated heterocycles. The van der Waals surface area contributed by atoms with Crippen molar-refractivity contribution in [3.05, 3.63) is 35.4 Å². The highest BCUT2D eigenvalue weighted by Gasteiger charge is 2.06. The van der Waals surface area contributed by atoms with Gasteiger partial charge in [0.05, 0.1) is 12.7 Å². The minimum absolute atomic E-state index is 0.263. The average molecular weight is 192 g/mol. The summed E-state index contributed by atoms with van der Waals surface area (Å²) in [6.07, 6.45) is 3.65. The Hall–Kier alpha value is -1.77. The van der Waals surface area contributed by atoms with E-state index in [-0.39, 0.29) is 5.56 Å². The van der Waals surface area contributed by atoms with E-state index in [1.54, 1.807) is 19.2 Å². The van der Waals surface area contributed by atoms with Gasteiger partial charge in [-0.3, -0.25) is 0 Å². The van der Waals surface area contributed by atoms with Gasteiger partial charge < -0.3 is 9.84 Å². The number of rotatable bonds is 3. The smallest absolute Gasteiger partial charge is 0.335 e. The van der Waals surface area contributed by atoms with E-state index in [9.17, 15) is 4.79 Å². The van der Waals surface area contributed by atoms with E-state index < -0.39 is 5.97 Å². The van der Waals surface area contributed by atoms with Crippen molar-refractivity contribution < 1.29 is 14.6 Å². The van der Waals surface area contributed by atoms with Crippen LogP contribution in [0.1, 0.15) is 22.8 Å². The number of allylic oxidation sites excluding steroid dienone is 1. The fourth-order valence-electron chi connectivity index (χ4n) is 1.18. The predicted octanol–water partition coefficient (Wildman–Crippen LogP) is 2.43. The van der Waals surface area contributed by atoms with Gasteiger partial charge in [-0.1, -0.05) is 12.2 Å². The second kappa shape index (κ2) is 4.46. The summed E-state index contributed by atoms with van der Waals surface area (Å²) in [4.78, 5) is 10.7. The third-order valence-corrected chi connectivity index (χ3v) is 1.82. The first-order valence-electron chi connectivity index (χ1n) is 4.23. The van der Waals surface area contributed by atoms with E-state index in [4.69, 9.17) is 9.84 Å². The molecule has 0 spiro atoms. The first kappa shape index (κ1) is 10.3. The standard InChI is InChI=1S/C11H12O3/c1-3-4-8-7-9(11(12)13)5-6-10(8)14-2/h3-7H,1-2H3,(H,12,13)/b4-3+. The molecular weight excluding hydrogens is 180 g/mol. The lowest BCUT2D eigenvalue weighted by molar-refractivity contribution is 0.0697. The van der Waals surface area contributed by atoms with Crippen molar-refractivity contribution in [2.24, 2.45) is 0 Å². The van der Waals surface area contributed by atoms with Gasteiger partial charge in [0.2, 0.25) is 0 Å². The molecule has 0 fully saturated rings. The summed E-state index contributed by atoms with van der Waals surface area (Å²) in [6, 6.07) is 4.76. The Labute approximate surface area is 82.6 Å². The van der Waals surface area contributed by atoms with Crippen molar-refractivity contribution in [1.82, 2.24) is 0 Å². The van der Waals surface area contributed by atoms with Crippen LogP contribution < -0.4 is 4.74 Å². The molecule has 0 aliphatic heterocycles. The minimum Gasteiger partial charge on any atom is -0.496 e. The number of methoxy groups -OCH3 is 1. The Bertz CT molecular complexity index is 367. The topological polar surface area (TPSA) is 46.5 Å². The van der Waals surface area contributed by atoms with E-state index in [1.807, 2.05) is 19.1 Å². The van der Waals surface area contributed by atoms with E-state index in [2.05, 4.69) is 0 Å². The summed E-state index contributed by atoms with van der Waals surface area (Å²) in [5, 5.41) is 8.78. The predicted molar refractivity (Wildman–Crippen MR) is 54.7 cm³/mol. The molecule has 0 saturated carbocycles. The Kier molecular flexibility index (Phi) is 3.29. The van der Waals surface area contributed by atoms with Crippen LogP contribution in [-0.2, 0) is 0 Å². The van der Waals surface area contributed by atoms with Gasteiger partial charge in [-0.2, -0.15) is 0 Å². The van der Waals surface area contributed by atoms with E-state index in [0.29, 0.717) is 5.75 Å². The summed E-state index contributed by atoms with van der Waals surface area (Å²) in [7, 11) is 1.56. The van der Waals surface area contributed by atoms with Gasteiger partial charge in [0.25, 0.3) is 0 Å². The summed E-state index contributed by atoms with van der Waals surface area (Å²) < 4.78 is 5.09. The lowest BCUT2D eigenvalue weighted by Gasteiger charge is -2.05. The van der Waals surface area contributed by atoms with Crippen molar-refractivity contribution in [2.45, 2.75) is 6.92 Å². The summed E-state index contributed by atoms with van der Waals surface area (Å²) >= 11 is 0. The fourth-order valence-corrected chi connectivity index (χ4v) is 1.18. The van der Waals surface area contributed by atoms with Crippen LogP contribution in [0.25, 0.3) is 6.08 Å². The van der Waals surface area contributed by atoms with Gasteiger partial charge in [-0.05, 0) is 25.1 Å². The largest absolute Gasteiger partial charge is 0.496 e. The first-order valence-corrected chi connectivity index (χ1v) is 4.23. The number of carbonyl (C=O) groups is 1. The minimum atomic E-state index is -0.932. The number of hydrogen-bond acceptors (Lipinski definition) is 2. The Morgan fingerprint density at radius 3 is 2.71 bits per heavy atom. The van der Waals surface area contributed by atoms with Crippen LogP contribution in [0, 0.1) is 0 Å². The van der Waals surface area contributed by atoms with E-state index in [1.165, 1.54) is 6.07 Å². The second-order valence-corrected chi connectivity index (χ2v) is 2.76. The average Bonchev–Trinajstić information content (AvgIpc) is 2.18. The maximum atomic E-state index is 10.7. The highest BCUT2D eigenvalue weighted by atomic mass is 16.5. The van der Waals surface area contributed by atoms with Crippen LogP contribution in [0.5, 0.6) is 5.75 Å². The maximum absolute atomic E-state index is 10.7. The number of ether oxygens (including phenoxy) is 1. The van der Waals surface area contributed by atoms with Crippen molar-refractivity contribution in [1.29, 1.82) is 0 Å². The van der Waals surface area contributed by atoms with Gasteiger partial charge in [-0.15, -0.1) is 0 Å². The number of aromatic carboxylic acids is 1. The van der Waals surface area contributed by atoms with Crippen LogP contribution in [0.15, 0.2) is 24.3 Å². The third kappa shape index (κ3) is 2.13. The van der Waals surface area contributed by atoms with Crippen molar-refractivity contribution in [2.75, 3.05) is 7.11 Å². The Balaban J connectivity index is 3.20. The quantitative estimate of drug-likeness (QED) is 0.800. The van der Waals surface area contributed by atoms with Crippen LogP contribution in [-0.4, -0.2) is 18.2 Å². The molecule has 14 heavy (non-hydrogen) atoms. The van der Waals surface area contributed by atoms with Gasteiger partial charge in [0, 0.05) is 5.56 Å². The van der Waals surface area contributed by atoms with Crippen LogP contribution in [0.4, 0.5) is 0 Å². The van der Waals surface area contributed by atoms with Gasteiger partial charge in [0.1, 0.15) is 5.75 Å². The molecule has 3 heteroatoms. The molecule has 1 rings (SSSR count). The van der Waals surface area contributed by atoms with Gasteiger partial charge in [-0.25, -0.2) is 4.79 Å². The number of benzene rings is 1. The molecule has 0 aliphatic rings. The zero-order chi connectivity index (χ0) is 10.6. The van der Waals surface area contributed by atoms with E-state index >= 15 is 0 Å². The zero-order valence-electron chi connectivity index (χ0n) is 8.15. The molecule has 0 radical (unpaired) electrons.